The van der Waals surface area contributed by atoms with E-state index in [0.717, 1.165) is 14.5 Å². The van der Waals surface area contributed by atoms with Gasteiger partial charge in [0.15, 0.2) is 5.13 Å². The van der Waals surface area contributed by atoms with E-state index in [-0.39, 0.29) is 11.8 Å². The van der Waals surface area contributed by atoms with Gasteiger partial charge in [-0.3, -0.25) is 14.9 Å². The molecule has 0 radical (unpaired) electrons. The van der Waals surface area contributed by atoms with Crippen molar-refractivity contribution in [2.24, 2.45) is 0 Å². The van der Waals surface area contributed by atoms with Crippen molar-refractivity contribution in [1.82, 2.24) is 4.98 Å². The summed E-state index contributed by atoms with van der Waals surface area (Å²) < 4.78 is 1.68. The summed E-state index contributed by atoms with van der Waals surface area (Å²) in [6, 6.07) is 21.8. The van der Waals surface area contributed by atoms with Crippen LogP contribution in [0.4, 0.5) is 10.8 Å². The first-order valence-electron chi connectivity index (χ1n) is 9.18. The lowest BCUT2D eigenvalue weighted by atomic mass is 10.1. The Morgan fingerprint density at radius 1 is 0.774 bits per heavy atom. The number of carbonyl (C=O) groups excluding carboxylic acids is 2. The predicted molar refractivity (Wildman–Crippen MR) is 132 cm³/mol. The number of hydrogen-bond acceptors (Lipinski definition) is 4. The van der Waals surface area contributed by atoms with Gasteiger partial charge in [0.1, 0.15) is 0 Å². The molecule has 154 valence electrons. The molecule has 31 heavy (non-hydrogen) atoms. The highest BCUT2D eigenvalue weighted by molar-refractivity contribution is 9.10. The quantitative estimate of drug-likeness (QED) is 0.283. The molecular weight excluding hydrogens is 542 g/mol. The van der Waals surface area contributed by atoms with Gasteiger partial charge in [0.2, 0.25) is 0 Å². The monoisotopic (exact) mass is 555 g/mol. The fourth-order valence-electron chi connectivity index (χ4n) is 2.85. The number of carbonyl (C=O) groups is 2. The van der Waals surface area contributed by atoms with Crippen LogP contribution in [-0.2, 0) is 0 Å². The summed E-state index contributed by atoms with van der Waals surface area (Å²) in [6.45, 7) is 0. The Hall–Kier alpha value is -2.81. The SMILES string of the molecule is O=C(Nc1cccc(-c2csc(NC(=O)c3cccc(Br)c3)n2)c1)c1cccc(Br)c1. The lowest BCUT2D eigenvalue weighted by Gasteiger charge is -2.07. The van der Waals surface area contributed by atoms with Crippen LogP contribution in [-0.4, -0.2) is 16.8 Å². The number of rotatable bonds is 5. The minimum Gasteiger partial charge on any atom is -0.322 e. The van der Waals surface area contributed by atoms with Crippen molar-refractivity contribution in [2.75, 3.05) is 10.6 Å². The molecule has 0 saturated carbocycles. The number of hydrogen-bond donors (Lipinski definition) is 2. The summed E-state index contributed by atoms with van der Waals surface area (Å²) in [6.07, 6.45) is 0. The van der Waals surface area contributed by atoms with Gasteiger partial charge in [0.25, 0.3) is 11.8 Å². The Morgan fingerprint density at radius 2 is 1.39 bits per heavy atom. The summed E-state index contributed by atoms with van der Waals surface area (Å²) in [4.78, 5) is 29.4. The van der Waals surface area contributed by atoms with E-state index in [9.17, 15) is 9.59 Å². The number of anilines is 2. The van der Waals surface area contributed by atoms with E-state index < -0.39 is 0 Å². The second kappa shape index (κ2) is 9.55. The molecule has 4 aromatic rings. The van der Waals surface area contributed by atoms with Gasteiger partial charge in [-0.1, -0.05) is 56.1 Å². The van der Waals surface area contributed by atoms with E-state index >= 15 is 0 Å². The van der Waals surface area contributed by atoms with Crippen LogP contribution in [0.1, 0.15) is 20.7 Å². The molecule has 0 aliphatic carbocycles. The van der Waals surface area contributed by atoms with E-state index in [1.165, 1.54) is 11.3 Å². The Morgan fingerprint density at radius 3 is 2.03 bits per heavy atom. The fraction of sp³-hybridized carbons (Fsp3) is 0. The van der Waals surface area contributed by atoms with Gasteiger partial charge in [-0.15, -0.1) is 11.3 Å². The maximum atomic E-state index is 12.5. The van der Waals surface area contributed by atoms with Gasteiger partial charge < -0.3 is 5.32 Å². The van der Waals surface area contributed by atoms with E-state index in [4.69, 9.17) is 0 Å². The zero-order valence-corrected chi connectivity index (χ0v) is 19.9. The Bertz CT molecular complexity index is 1270. The largest absolute Gasteiger partial charge is 0.322 e. The van der Waals surface area contributed by atoms with Crippen LogP contribution in [0, 0.1) is 0 Å². The third-order valence-electron chi connectivity index (χ3n) is 4.31. The molecule has 1 aromatic heterocycles. The van der Waals surface area contributed by atoms with Crippen LogP contribution < -0.4 is 10.6 Å². The standard InChI is InChI=1S/C23H15Br2N3O2S/c24-17-7-1-5-15(10-17)21(29)26-19-9-3-4-14(12-19)20-13-31-23(27-20)28-22(30)16-6-2-8-18(25)11-16/h1-13H,(H,26,29)(H,27,28,30). The van der Waals surface area contributed by atoms with Crippen molar-refractivity contribution in [3.8, 4) is 11.3 Å². The molecule has 2 amide bonds. The van der Waals surface area contributed by atoms with Gasteiger partial charge in [-0.25, -0.2) is 4.98 Å². The van der Waals surface area contributed by atoms with Crippen LogP contribution in [0.25, 0.3) is 11.3 Å². The molecule has 1 heterocycles. The molecule has 0 aliphatic heterocycles. The number of nitrogens with one attached hydrogen (secondary N) is 2. The summed E-state index contributed by atoms with van der Waals surface area (Å²) in [7, 11) is 0. The first kappa shape index (κ1) is 21.4. The lowest BCUT2D eigenvalue weighted by molar-refractivity contribution is 0.101. The minimum atomic E-state index is -0.225. The number of thiazole rings is 1. The molecule has 8 heteroatoms. The Kier molecular flexibility index (Phi) is 6.60. The van der Waals surface area contributed by atoms with Crippen LogP contribution in [0.5, 0.6) is 0 Å². The van der Waals surface area contributed by atoms with Crippen LogP contribution in [0.2, 0.25) is 0 Å². The van der Waals surface area contributed by atoms with Crippen molar-refractivity contribution in [2.45, 2.75) is 0 Å². The zero-order valence-electron chi connectivity index (χ0n) is 15.9. The van der Waals surface area contributed by atoms with E-state index in [1.54, 1.807) is 30.3 Å². The number of halogens is 2. The molecule has 0 aliphatic rings. The molecule has 5 nitrogen and oxygen atoms in total. The van der Waals surface area contributed by atoms with Gasteiger partial charge in [-0.2, -0.15) is 0 Å². The van der Waals surface area contributed by atoms with E-state index in [0.29, 0.717) is 27.6 Å². The molecule has 0 saturated heterocycles. The second-order valence-corrected chi connectivity index (χ2v) is 9.24. The van der Waals surface area contributed by atoms with Crippen LogP contribution in [0.15, 0.2) is 87.1 Å². The van der Waals surface area contributed by atoms with Crippen LogP contribution in [0.3, 0.4) is 0 Å². The Balaban J connectivity index is 1.48. The normalized spacial score (nSPS) is 10.5. The molecular formula is C23H15Br2N3O2S. The molecule has 3 aromatic carbocycles. The summed E-state index contributed by atoms with van der Waals surface area (Å²) >= 11 is 8.09. The van der Waals surface area contributed by atoms with E-state index in [2.05, 4.69) is 47.5 Å². The van der Waals surface area contributed by atoms with Gasteiger partial charge >= 0.3 is 0 Å². The highest BCUT2D eigenvalue weighted by Crippen LogP contribution is 2.27. The molecule has 0 bridgehead atoms. The molecule has 0 unspecified atom stereocenters. The number of benzene rings is 3. The average molecular weight is 557 g/mol. The lowest BCUT2D eigenvalue weighted by Crippen LogP contribution is -2.12. The van der Waals surface area contributed by atoms with Gasteiger partial charge in [-0.05, 0) is 48.5 Å². The van der Waals surface area contributed by atoms with Gasteiger partial charge in [0, 0.05) is 36.7 Å². The fourth-order valence-corrected chi connectivity index (χ4v) is 4.37. The summed E-state index contributed by atoms with van der Waals surface area (Å²) in [5.41, 5.74) is 3.32. The number of nitrogens with zero attached hydrogens (tertiary/aromatic N) is 1. The molecule has 2 N–H and O–H groups in total. The molecule has 0 spiro atoms. The summed E-state index contributed by atoms with van der Waals surface area (Å²) in [5, 5.41) is 8.10. The Labute approximate surface area is 199 Å². The van der Waals surface area contributed by atoms with Crippen LogP contribution >= 0.6 is 43.2 Å². The average Bonchev–Trinajstić information content (AvgIpc) is 3.22. The maximum absolute atomic E-state index is 12.5. The van der Waals surface area contributed by atoms with Crippen molar-refractivity contribution in [3.05, 3.63) is 98.2 Å². The van der Waals surface area contributed by atoms with Crippen molar-refractivity contribution < 1.29 is 9.59 Å². The smallest absolute Gasteiger partial charge is 0.257 e. The highest BCUT2D eigenvalue weighted by atomic mass is 79.9. The number of amides is 2. The first-order chi connectivity index (χ1) is 15.0. The van der Waals surface area contributed by atoms with Crippen molar-refractivity contribution in [3.63, 3.8) is 0 Å². The maximum Gasteiger partial charge on any atom is 0.257 e. The molecule has 4 rings (SSSR count). The predicted octanol–water partition coefficient (Wildman–Crippen LogP) is 6.84. The van der Waals surface area contributed by atoms with Crippen molar-refractivity contribution >= 4 is 65.8 Å². The van der Waals surface area contributed by atoms with E-state index in [1.807, 2.05) is 47.8 Å². The zero-order chi connectivity index (χ0) is 21.8. The highest BCUT2D eigenvalue weighted by Gasteiger charge is 2.12. The van der Waals surface area contributed by atoms with Gasteiger partial charge in [0.05, 0.1) is 5.69 Å². The summed E-state index contributed by atoms with van der Waals surface area (Å²) in [5.74, 6) is -0.420. The topological polar surface area (TPSA) is 71.1 Å². The van der Waals surface area contributed by atoms with Crippen molar-refractivity contribution in [1.29, 1.82) is 0 Å². The second-order valence-electron chi connectivity index (χ2n) is 6.55. The molecule has 0 atom stereocenters. The molecule has 0 fully saturated rings. The third kappa shape index (κ3) is 5.46. The first-order valence-corrected chi connectivity index (χ1v) is 11.6. The third-order valence-corrected chi connectivity index (χ3v) is 6.06. The number of aromatic nitrogens is 1. The minimum absolute atomic E-state index is 0.196.